The molecule has 0 saturated heterocycles. The highest BCUT2D eigenvalue weighted by Crippen LogP contribution is 2.26. The Hall–Kier alpha value is -2.57. The number of carbonyl (C=O) groups is 1. The van der Waals surface area contributed by atoms with Crippen LogP contribution >= 0.6 is 11.8 Å². The molecule has 27 heavy (non-hydrogen) atoms. The fraction of sp³-hybridized carbons (Fsp3) is 0.381. The van der Waals surface area contributed by atoms with Crippen LogP contribution in [0, 0.1) is 24.7 Å². The van der Waals surface area contributed by atoms with Gasteiger partial charge in [-0.25, -0.2) is 9.18 Å². The van der Waals surface area contributed by atoms with Gasteiger partial charge in [0.25, 0.3) is 0 Å². The van der Waals surface area contributed by atoms with Gasteiger partial charge < -0.3 is 15.3 Å². The molecule has 1 aromatic carbocycles. The molecule has 2 N–H and O–H groups in total. The molecule has 0 aliphatic heterocycles. The van der Waals surface area contributed by atoms with Gasteiger partial charge in [-0.15, -0.1) is 36.4 Å². The highest BCUT2D eigenvalue weighted by Gasteiger charge is 2.08. The maximum atomic E-state index is 13.8. The van der Waals surface area contributed by atoms with Crippen molar-refractivity contribution in [3.8, 4) is 24.7 Å². The van der Waals surface area contributed by atoms with Gasteiger partial charge >= 0.3 is 6.09 Å². The Kier molecular flexibility index (Phi) is 11.3. The molecule has 0 fully saturated rings. The molecule has 0 bridgehead atoms. The number of halogens is 1. The number of benzene rings is 1. The Morgan fingerprint density at radius 1 is 1.26 bits per heavy atom. The molecule has 1 rings (SSSR count). The molecule has 144 valence electrons. The Morgan fingerprint density at radius 2 is 1.93 bits per heavy atom. The third-order valence-electron chi connectivity index (χ3n) is 3.63. The second-order valence-corrected chi connectivity index (χ2v) is 6.77. The van der Waals surface area contributed by atoms with Gasteiger partial charge in [0.2, 0.25) is 0 Å². The Labute approximate surface area is 165 Å². The smallest absolute Gasteiger partial charge is 0.404 e. The number of hydrogen-bond donors (Lipinski definition) is 2. The van der Waals surface area contributed by atoms with Gasteiger partial charge in [-0.3, -0.25) is 0 Å². The Morgan fingerprint density at radius 3 is 2.52 bits per heavy atom. The van der Waals surface area contributed by atoms with Crippen molar-refractivity contribution < 1.29 is 14.3 Å². The first-order chi connectivity index (χ1) is 13.1. The van der Waals surface area contributed by atoms with E-state index in [1.54, 1.807) is 0 Å². The summed E-state index contributed by atoms with van der Waals surface area (Å²) in [6.45, 7) is 1.65. The van der Waals surface area contributed by atoms with E-state index < -0.39 is 6.09 Å². The van der Waals surface area contributed by atoms with E-state index in [0.29, 0.717) is 0 Å². The lowest BCUT2D eigenvalue weighted by molar-refractivity contribution is 0.195. The third kappa shape index (κ3) is 10.2. The largest absolute Gasteiger partial charge is 0.465 e. The van der Waals surface area contributed by atoms with E-state index in [0.717, 1.165) is 49.4 Å². The van der Waals surface area contributed by atoms with Crippen LogP contribution in [0.25, 0.3) is 0 Å². The number of terminal acetylenes is 2. The fourth-order valence-electron chi connectivity index (χ4n) is 2.34. The lowest BCUT2D eigenvalue weighted by atomic mass is 10.2. The molecule has 0 aromatic heterocycles. The summed E-state index contributed by atoms with van der Waals surface area (Å²) in [7, 11) is 0. The van der Waals surface area contributed by atoms with Crippen LogP contribution in [0.3, 0.4) is 0 Å². The lowest BCUT2D eigenvalue weighted by Gasteiger charge is -2.25. The van der Waals surface area contributed by atoms with Crippen molar-refractivity contribution in [3.05, 3.63) is 36.2 Å². The molecule has 0 heterocycles. The van der Waals surface area contributed by atoms with Crippen molar-refractivity contribution in [1.82, 2.24) is 5.32 Å². The van der Waals surface area contributed by atoms with Gasteiger partial charge in [0.05, 0.1) is 0 Å². The van der Waals surface area contributed by atoms with Gasteiger partial charge in [0.1, 0.15) is 5.83 Å². The van der Waals surface area contributed by atoms with Crippen molar-refractivity contribution in [1.29, 1.82) is 0 Å². The van der Waals surface area contributed by atoms with Crippen molar-refractivity contribution in [2.24, 2.45) is 0 Å². The molecule has 0 spiro atoms. The predicted octanol–water partition coefficient (Wildman–Crippen LogP) is 4.53. The molecule has 0 unspecified atom stereocenters. The summed E-state index contributed by atoms with van der Waals surface area (Å²) in [6, 6.07) is 7.93. The van der Waals surface area contributed by atoms with Crippen LogP contribution in [0.2, 0.25) is 0 Å². The Bertz CT molecular complexity index is 687. The fourth-order valence-corrected chi connectivity index (χ4v) is 3.15. The number of anilines is 1. The van der Waals surface area contributed by atoms with Gasteiger partial charge in [0.15, 0.2) is 0 Å². The quantitative estimate of drug-likeness (QED) is 0.314. The van der Waals surface area contributed by atoms with Crippen LogP contribution in [0.5, 0.6) is 0 Å². The first-order valence-corrected chi connectivity index (χ1v) is 9.71. The van der Waals surface area contributed by atoms with E-state index in [-0.39, 0.29) is 18.1 Å². The van der Waals surface area contributed by atoms with Gasteiger partial charge in [-0.1, -0.05) is 6.07 Å². The summed E-state index contributed by atoms with van der Waals surface area (Å²) in [6.07, 6.45) is 14.0. The average Bonchev–Trinajstić information content (AvgIpc) is 2.65. The van der Waals surface area contributed by atoms with Crippen LogP contribution in [-0.4, -0.2) is 36.6 Å². The summed E-state index contributed by atoms with van der Waals surface area (Å²) < 4.78 is 13.8. The van der Waals surface area contributed by atoms with Crippen LogP contribution in [0.1, 0.15) is 25.7 Å². The van der Waals surface area contributed by atoms with Gasteiger partial charge in [0, 0.05) is 48.8 Å². The zero-order chi connectivity index (χ0) is 19.9. The average molecular weight is 389 g/mol. The number of amides is 1. The SMILES string of the molecule is C#CCCCN(CCCC#C)c1cccc(SCC(F)=CCNC(=O)O)c1. The topological polar surface area (TPSA) is 52.6 Å². The van der Waals surface area contributed by atoms with Crippen molar-refractivity contribution in [2.45, 2.75) is 30.6 Å². The molecule has 1 amide bonds. The third-order valence-corrected chi connectivity index (χ3v) is 4.64. The summed E-state index contributed by atoms with van der Waals surface area (Å²) in [5.74, 6) is 5.10. The molecular formula is C21H25FN2O2S. The first-order valence-electron chi connectivity index (χ1n) is 8.73. The van der Waals surface area contributed by atoms with Gasteiger partial charge in [-0.05, 0) is 37.1 Å². The van der Waals surface area contributed by atoms with E-state index in [4.69, 9.17) is 18.0 Å². The Balaban J connectivity index is 2.68. The minimum atomic E-state index is -1.17. The number of unbranched alkanes of at least 4 members (excludes halogenated alkanes) is 2. The molecule has 0 aliphatic rings. The zero-order valence-corrected chi connectivity index (χ0v) is 16.1. The molecule has 4 nitrogen and oxygen atoms in total. The van der Waals surface area contributed by atoms with Crippen molar-refractivity contribution in [2.75, 3.05) is 30.3 Å². The predicted molar refractivity (Wildman–Crippen MR) is 111 cm³/mol. The molecule has 0 atom stereocenters. The summed E-state index contributed by atoms with van der Waals surface area (Å²) in [5, 5.41) is 10.6. The maximum absolute atomic E-state index is 13.8. The van der Waals surface area contributed by atoms with Crippen LogP contribution in [0.15, 0.2) is 41.1 Å². The molecule has 0 saturated carbocycles. The minimum Gasteiger partial charge on any atom is -0.465 e. The number of hydrogen-bond acceptors (Lipinski definition) is 3. The van der Waals surface area contributed by atoms with Gasteiger partial charge in [-0.2, -0.15) is 0 Å². The molecule has 0 aliphatic carbocycles. The summed E-state index contributed by atoms with van der Waals surface area (Å²) >= 11 is 1.37. The first kappa shape index (κ1) is 22.5. The molecule has 6 heteroatoms. The van der Waals surface area contributed by atoms with Crippen LogP contribution in [-0.2, 0) is 0 Å². The van der Waals surface area contributed by atoms with Crippen LogP contribution in [0.4, 0.5) is 14.9 Å². The number of rotatable bonds is 12. The summed E-state index contributed by atoms with van der Waals surface area (Å²) in [5.41, 5.74) is 1.06. The second kappa shape index (κ2) is 13.6. The van der Waals surface area contributed by atoms with E-state index >= 15 is 0 Å². The van der Waals surface area contributed by atoms with E-state index in [9.17, 15) is 9.18 Å². The number of thioether (sulfide) groups is 1. The minimum absolute atomic E-state index is 0.0418. The molecule has 0 radical (unpaired) electrons. The maximum Gasteiger partial charge on any atom is 0.404 e. The van der Waals surface area contributed by atoms with Crippen molar-refractivity contribution >= 4 is 23.5 Å². The number of nitrogens with zero attached hydrogens (tertiary/aromatic N) is 1. The van der Waals surface area contributed by atoms with E-state index in [2.05, 4.69) is 22.1 Å². The standard InChI is InChI=1S/C21H25FN2O2S/c1-3-5-7-14-24(15-8-6-4-2)19-10-9-11-20(16-19)27-17-18(22)12-13-23-21(25)26/h1-2,9-12,16,23H,5-8,13-15,17H2,(H,25,26). The van der Waals surface area contributed by atoms with E-state index in [1.807, 2.05) is 24.3 Å². The normalized spacial score (nSPS) is 10.7. The van der Waals surface area contributed by atoms with Crippen molar-refractivity contribution in [3.63, 3.8) is 0 Å². The highest BCUT2D eigenvalue weighted by molar-refractivity contribution is 7.99. The second-order valence-electron chi connectivity index (χ2n) is 5.73. The monoisotopic (exact) mass is 388 g/mol. The molecular weight excluding hydrogens is 363 g/mol. The van der Waals surface area contributed by atoms with Crippen LogP contribution < -0.4 is 10.2 Å². The number of carboxylic acid groups (broad SMARTS) is 1. The summed E-state index contributed by atoms with van der Waals surface area (Å²) in [4.78, 5) is 13.6. The lowest BCUT2D eigenvalue weighted by Crippen LogP contribution is -2.25. The number of nitrogens with one attached hydrogen (secondary N) is 1. The zero-order valence-electron chi connectivity index (χ0n) is 15.3. The highest BCUT2D eigenvalue weighted by atomic mass is 32.2. The van der Waals surface area contributed by atoms with E-state index in [1.165, 1.54) is 17.8 Å². The molecule has 1 aromatic rings.